The molecule has 0 atom stereocenters. The molecule has 0 rings (SSSR count). The molecule has 0 radical (unpaired) electrons. The second-order valence-corrected chi connectivity index (χ2v) is 11.5. The van der Waals surface area contributed by atoms with Gasteiger partial charge >= 0.3 is 5.97 Å². The van der Waals surface area contributed by atoms with E-state index in [0.29, 0.717) is 17.6 Å². The van der Waals surface area contributed by atoms with Crippen LogP contribution in [0.4, 0.5) is 0 Å². The van der Waals surface area contributed by atoms with Crippen LogP contribution < -0.4 is 0 Å². The molecule has 186 valence electrons. The van der Waals surface area contributed by atoms with Gasteiger partial charge in [0.2, 0.25) is 0 Å². The predicted molar refractivity (Wildman–Crippen MR) is 135 cm³/mol. The van der Waals surface area contributed by atoms with Crippen LogP contribution in [0.25, 0.3) is 0 Å². The summed E-state index contributed by atoms with van der Waals surface area (Å²) >= 11 is 0. The first-order valence-corrected chi connectivity index (χ1v) is 13.0. The third-order valence-electron chi connectivity index (χ3n) is 5.52. The molecule has 31 heavy (non-hydrogen) atoms. The lowest BCUT2D eigenvalue weighted by molar-refractivity contribution is -0.141. The largest absolute Gasteiger partial charge is 0.469 e. The molecular weight excluding hydrogens is 384 g/mol. The number of carbonyl (C=O) groups is 2. The van der Waals surface area contributed by atoms with Crippen molar-refractivity contribution in [3.8, 4) is 0 Å². The molecule has 0 aliphatic rings. The number of Topliss-reactive ketones (excluding diaryl/α,β-unsaturated/α-hetero) is 1. The average Bonchev–Trinajstić information content (AvgIpc) is 2.68. The van der Waals surface area contributed by atoms with Gasteiger partial charge in [0.1, 0.15) is 5.78 Å². The van der Waals surface area contributed by atoms with Crippen LogP contribution >= 0.6 is 0 Å². The maximum absolute atomic E-state index is 11.8. The molecule has 0 unspecified atom stereocenters. The third-order valence-corrected chi connectivity index (χ3v) is 5.52. The van der Waals surface area contributed by atoms with E-state index in [1.165, 1.54) is 71.3 Å². The number of carbonyl (C=O) groups excluding carboxylic acids is 2. The first-order chi connectivity index (χ1) is 14.4. The lowest BCUT2D eigenvalue weighted by Gasteiger charge is -2.16. The van der Waals surface area contributed by atoms with Gasteiger partial charge in [-0.1, -0.05) is 113 Å². The number of ether oxygens (including phenoxy) is 1. The van der Waals surface area contributed by atoms with Crippen LogP contribution in [0.2, 0.25) is 0 Å². The Morgan fingerprint density at radius 3 is 1.35 bits per heavy atom. The van der Waals surface area contributed by atoms with Crippen LogP contribution in [-0.4, -0.2) is 18.9 Å². The van der Waals surface area contributed by atoms with Crippen molar-refractivity contribution in [1.29, 1.82) is 0 Å². The molecule has 3 heteroatoms. The van der Waals surface area contributed by atoms with E-state index in [2.05, 4.69) is 53.2 Å². The van der Waals surface area contributed by atoms with E-state index in [9.17, 15) is 9.59 Å². The maximum Gasteiger partial charge on any atom is 0.305 e. The Bertz CT molecular complexity index is 427. The van der Waals surface area contributed by atoms with Gasteiger partial charge in [0.15, 0.2) is 0 Å². The van der Waals surface area contributed by atoms with Crippen LogP contribution in [0.1, 0.15) is 151 Å². The van der Waals surface area contributed by atoms with Crippen molar-refractivity contribution in [3.63, 3.8) is 0 Å². The van der Waals surface area contributed by atoms with Gasteiger partial charge in [-0.25, -0.2) is 0 Å². The molecule has 0 amide bonds. The molecule has 0 aliphatic heterocycles. The molecule has 0 fully saturated rings. The zero-order chi connectivity index (χ0) is 24.2. The highest BCUT2D eigenvalue weighted by Crippen LogP contribution is 2.22. The van der Waals surface area contributed by atoms with Gasteiger partial charge in [0.05, 0.1) is 7.11 Å². The number of unbranched alkanes of at least 4 members (excludes halogenated alkanes) is 10. The molecule has 0 aliphatic carbocycles. The van der Waals surface area contributed by atoms with Crippen molar-refractivity contribution in [2.75, 3.05) is 7.11 Å². The van der Waals surface area contributed by atoms with E-state index in [-0.39, 0.29) is 11.4 Å². The fourth-order valence-electron chi connectivity index (χ4n) is 3.20. The zero-order valence-corrected chi connectivity index (χ0v) is 22.5. The summed E-state index contributed by atoms with van der Waals surface area (Å²) in [6, 6.07) is 0. The summed E-state index contributed by atoms with van der Waals surface area (Å²) in [5, 5.41) is 0. The minimum absolute atomic E-state index is 0.116. The number of hydrogen-bond donors (Lipinski definition) is 0. The third kappa shape index (κ3) is 31.4. The number of hydrogen-bond acceptors (Lipinski definition) is 3. The highest BCUT2D eigenvalue weighted by atomic mass is 16.5. The highest BCUT2D eigenvalue weighted by molar-refractivity contribution is 5.78. The molecular formula is C28H56O3. The molecule has 0 heterocycles. The highest BCUT2D eigenvalue weighted by Gasteiger charge is 2.13. The normalized spacial score (nSPS) is 11.6. The van der Waals surface area contributed by atoms with Gasteiger partial charge in [-0.15, -0.1) is 0 Å². The first-order valence-electron chi connectivity index (χ1n) is 13.0. The lowest BCUT2D eigenvalue weighted by atomic mass is 9.89. The number of ketones is 1. The summed E-state index contributed by atoms with van der Waals surface area (Å²) in [6.45, 7) is 15.2. The van der Waals surface area contributed by atoms with E-state index in [1.807, 2.05) is 0 Å². The number of rotatable bonds is 16. The Labute approximate surface area is 195 Å². The Hall–Kier alpha value is -0.860. The first kappa shape index (κ1) is 32.3. The summed E-state index contributed by atoms with van der Waals surface area (Å²) in [5.74, 6) is 0.357. The number of methoxy groups -OCH3 is 1. The summed E-state index contributed by atoms with van der Waals surface area (Å²) in [6.07, 6.45) is 18.9. The lowest BCUT2D eigenvalue weighted by Crippen LogP contribution is -2.09. The molecule has 0 bridgehead atoms. The van der Waals surface area contributed by atoms with Gasteiger partial charge in [-0.05, 0) is 30.1 Å². The molecule has 0 saturated carbocycles. The topological polar surface area (TPSA) is 43.4 Å². The Morgan fingerprint density at radius 1 is 0.581 bits per heavy atom. The standard InChI is InChI=1S/C20H40O.C8H16O2/c1-5-6-7-8-9-10-11-12-13-14-15-16-19(21)17-18-20(2,3)4;1-8(2,3)6-5-7(9)10-4/h5-18H2,1-4H3;5-6H2,1-4H3. The van der Waals surface area contributed by atoms with E-state index in [0.717, 1.165) is 32.1 Å². The van der Waals surface area contributed by atoms with E-state index >= 15 is 0 Å². The average molecular weight is 441 g/mol. The van der Waals surface area contributed by atoms with Crippen LogP contribution in [0.5, 0.6) is 0 Å². The van der Waals surface area contributed by atoms with E-state index in [4.69, 9.17) is 0 Å². The minimum Gasteiger partial charge on any atom is -0.469 e. The molecule has 0 aromatic rings. The molecule has 0 saturated heterocycles. The fourth-order valence-corrected chi connectivity index (χ4v) is 3.20. The van der Waals surface area contributed by atoms with Gasteiger partial charge in [0.25, 0.3) is 0 Å². The molecule has 0 N–H and O–H groups in total. The monoisotopic (exact) mass is 440 g/mol. The second-order valence-electron chi connectivity index (χ2n) is 11.5. The van der Waals surface area contributed by atoms with Crippen molar-refractivity contribution in [2.24, 2.45) is 10.8 Å². The summed E-state index contributed by atoms with van der Waals surface area (Å²) in [4.78, 5) is 22.4. The second kappa shape index (κ2) is 19.8. The van der Waals surface area contributed by atoms with Gasteiger partial charge in [-0.2, -0.15) is 0 Å². The van der Waals surface area contributed by atoms with Crippen LogP contribution in [-0.2, 0) is 14.3 Å². The van der Waals surface area contributed by atoms with Gasteiger partial charge < -0.3 is 4.74 Å². The smallest absolute Gasteiger partial charge is 0.305 e. The van der Waals surface area contributed by atoms with Crippen molar-refractivity contribution < 1.29 is 14.3 Å². The Balaban J connectivity index is 0. The van der Waals surface area contributed by atoms with Crippen molar-refractivity contribution in [3.05, 3.63) is 0 Å². The van der Waals surface area contributed by atoms with E-state index in [1.54, 1.807) is 0 Å². The van der Waals surface area contributed by atoms with Crippen LogP contribution in [0, 0.1) is 10.8 Å². The van der Waals surface area contributed by atoms with E-state index < -0.39 is 0 Å². The minimum atomic E-state index is -0.116. The Morgan fingerprint density at radius 2 is 0.968 bits per heavy atom. The Kier molecular flexibility index (Phi) is 20.6. The van der Waals surface area contributed by atoms with Crippen molar-refractivity contribution in [2.45, 2.75) is 151 Å². The van der Waals surface area contributed by atoms with Gasteiger partial charge in [-0.3, -0.25) is 9.59 Å². The maximum atomic E-state index is 11.8. The SMILES string of the molecule is CCCCCCCCCCCCCC(=O)CCC(C)(C)C.COC(=O)CCC(C)(C)C. The molecule has 3 nitrogen and oxygen atoms in total. The summed E-state index contributed by atoms with van der Waals surface area (Å²) < 4.78 is 4.51. The quantitative estimate of drug-likeness (QED) is 0.177. The van der Waals surface area contributed by atoms with Crippen LogP contribution in [0.3, 0.4) is 0 Å². The zero-order valence-electron chi connectivity index (χ0n) is 22.5. The molecule has 0 aromatic heterocycles. The summed E-state index contributed by atoms with van der Waals surface area (Å²) in [7, 11) is 1.42. The van der Waals surface area contributed by atoms with Crippen LogP contribution in [0.15, 0.2) is 0 Å². The fraction of sp³-hybridized carbons (Fsp3) is 0.929. The van der Waals surface area contributed by atoms with Gasteiger partial charge in [0, 0.05) is 19.3 Å². The molecule has 0 spiro atoms. The van der Waals surface area contributed by atoms with Crippen molar-refractivity contribution >= 4 is 11.8 Å². The predicted octanol–water partition coefficient (Wildman–Crippen LogP) is 9.07. The summed E-state index contributed by atoms with van der Waals surface area (Å²) in [5.41, 5.74) is 0.529. The molecule has 0 aromatic carbocycles. The number of esters is 1. The van der Waals surface area contributed by atoms with Crippen molar-refractivity contribution in [1.82, 2.24) is 0 Å².